The Morgan fingerprint density at radius 3 is 2.80 bits per heavy atom. The van der Waals surface area contributed by atoms with Crippen LogP contribution in [0.2, 0.25) is 0 Å². The second kappa shape index (κ2) is 4.64. The maximum Gasteiger partial charge on any atom is 0.169 e. The van der Waals surface area contributed by atoms with Crippen molar-refractivity contribution in [2.45, 2.75) is 50.9 Å². The molecule has 1 saturated heterocycles. The summed E-state index contributed by atoms with van der Waals surface area (Å²) in [6, 6.07) is 0. The summed E-state index contributed by atoms with van der Waals surface area (Å²) in [5, 5.41) is 8.93. The van der Waals surface area contributed by atoms with E-state index in [9.17, 15) is 0 Å². The van der Waals surface area contributed by atoms with Crippen LogP contribution in [0.3, 0.4) is 0 Å². The molecule has 0 aromatic heterocycles. The fourth-order valence-electron chi connectivity index (χ4n) is 2.38. The van der Waals surface area contributed by atoms with Crippen LogP contribution in [-0.4, -0.2) is 30.2 Å². The first kappa shape index (κ1) is 11.1. The molecule has 1 saturated carbocycles. The first-order valence-electron chi connectivity index (χ1n) is 5.84. The molecular weight excluding hydrogens is 192 g/mol. The zero-order chi connectivity index (χ0) is 10.7. The van der Waals surface area contributed by atoms with Crippen molar-refractivity contribution in [1.29, 1.82) is 0 Å². The smallest absolute Gasteiger partial charge is 0.169 e. The largest absolute Gasteiger partial charge is 0.392 e. The monoisotopic (exact) mass is 212 g/mol. The highest BCUT2D eigenvalue weighted by Crippen LogP contribution is 2.38. The van der Waals surface area contributed by atoms with Crippen molar-refractivity contribution in [3.63, 3.8) is 0 Å². The molecule has 1 aliphatic heterocycles. The normalized spacial score (nSPS) is 31.1. The van der Waals surface area contributed by atoms with Gasteiger partial charge < -0.3 is 14.6 Å². The predicted octanol–water partition coefficient (Wildman–Crippen LogP) is 2.00. The van der Waals surface area contributed by atoms with Gasteiger partial charge in [-0.15, -0.1) is 0 Å². The molecule has 2 aliphatic rings. The number of aliphatic hydroxyl groups is 1. The molecule has 1 atom stereocenters. The summed E-state index contributed by atoms with van der Waals surface area (Å²) in [6.45, 7) is 2.65. The van der Waals surface area contributed by atoms with E-state index in [1.165, 1.54) is 19.3 Å². The van der Waals surface area contributed by atoms with Gasteiger partial charge in [0, 0.05) is 12.8 Å². The first-order valence-corrected chi connectivity index (χ1v) is 5.84. The molecular formula is C12H20O3. The van der Waals surface area contributed by atoms with Crippen LogP contribution in [0.5, 0.6) is 0 Å². The topological polar surface area (TPSA) is 38.7 Å². The number of aliphatic hydroxyl groups excluding tert-OH is 1. The van der Waals surface area contributed by atoms with Gasteiger partial charge in [0.2, 0.25) is 0 Å². The average Bonchev–Trinajstić information content (AvgIpc) is 2.62. The maximum absolute atomic E-state index is 8.93. The Balaban J connectivity index is 1.93. The molecule has 1 aliphatic carbocycles. The molecule has 0 radical (unpaired) electrons. The molecule has 3 nitrogen and oxygen atoms in total. The molecule has 86 valence electrons. The van der Waals surface area contributed by atoms with Gasteiger partial charge in [-0.25, -0.2) is 0 Å². The Labute approximate surface area is 91.1 Å². The zero-order valence-corrected chi connectivity index (χ0v) is 9.37. The summed E-state index contributed by atoms with van der Waals surface area (Å²) >= 11 is 0. The molecule has 0 aromatic carbocycles. The fourth-order valence-corrected chi connectivity index (χ4v) is 2.38. The predicted molar refractivity (Wildman–Crippen MR) is 57.5 cm³/mol. The number of hydrogen-bond donors (Lipinski definition) is 1. The van der Waals surface area contributed by atoms with Gasteiger partial charge in [0.05, 0.1) is 13.2 Å². The van der Waals surface area contributed by atoms with Crippen molar-refractivity contribution < 1.29 is 14.6 Å². The molecule has 0 unspecified atom stereocenters. The van der Waals surface area contributed by atoms with Gasteiger partial charge >= 0.3 is 0 Å². The molecule has 0 amide bonds. The molecule has 1 spiro atoms. The molecule has 0 bridgehead atoms. The van der Waals surface area contributed by atoms with Crippen molar-refractivity contribution in [1.82, 2.24) is 0 Å². The van der Waals surface area contributed by atoms with E-state index < -0.39 is 0 Å². The molecule has 15 heavy (non-hydrogen) atoms. The zero-order valence-electron chi connectivity index (χ0n) is 9.37. The second-order valence-electron chi connectivity index (χ2n) is 4.61. The van der Waals surface area contributed by atoms with E-state index >= 15 is 0 Å². The van der Waals surface area contributed by atoms with Gasteiger partial charge in [0.15, 0.2) is 5.79 Å². The minimum Gasteiger partial charge on any atom is -0.392 e. The molecule has 3 heteroatoms. The standard InChI is InChI=1S/C12H20O3/c1-10(8-13)7-11-9-14-12(15-11)5-3-2-4-6-12/h7,11,13H,2-6,8-9H2,1H3/b10-7+/t11-/m0/s1. The second-order valence-corrected chi connectivity index (χ2v) is 4.61. The van der Waals surface area contributed by atoms with Crippen LogP contribution in [0.4, 0.5) is 0 Å². The lowest BCUT2D eigenvalue weighted by Crippen LogP contribution is -2.33. The van der Waals surface area contributed by atoms with Crippen LogP contribution in [-0.2, 0) is 9.47 Å². The number of rotatable bonds is 2. The lowest BCUT2D eigenvalue weighted by atomic mass is 9.94. The Bertz CT molecular complexity index is 241. The highest BCUT2D eigenvalue weighted by atomic mass is 16.7. The summed E-state index contributed by atoms with van der Waals surface area (Å²) in [5.74, 6) is -0.296. The minimum absolute atomic E-state index is 0.0373. The van der Waals surface area contributed by atoms with E-state index in [0.29, 0.717) is 6.61 Å². The minimum atomic E-state index is -0.296. The van der Waals surface area contributed by atoms with E-state index in [1.54, 1.807) is 0 Å². The van der Waals surface area contributed by atoms with Crippen LogP contribution >= 0.6 is 0 Å². The maximum atomic E-state index is 8.93. The quantitative estimate of drug-likeness (QED) is 0.711. The summed E-state index contributed by atoms with van der Waals surface area (Å²) in [7, 11) is 0. The Hall–Kier alpha value is -0.380. The Kier molecular flexibility index (Phi) is 3.44. The molecule has 2 fully saturated rings. The molecule has 0 aromatic rings. The van der Waals surface area contributed by atoms with Gasteiger partial charge in [-0.2, -0.15) is 0 Å². The molecule has 1 heterocycles. The van der Waals surface area contributed by atoms with Crippen LogP contribution < -0.4 is 0 Å². The Morgan fingerprint density at radius 1 is 1.40 bits per heavy atom. The number of hydrogen-bond acceptors (Lipinski definition) is 3. The lowest BCUT2D eigenvalue weighted by molar-refractivity contribution is -0.183. The van der Waals surface area contributed by atoms with E-state index in [4.69, 9.17) is 14.6 Å². The summed E-state index contributed by atoms with van der Waals surface area (Å²) < 4.78 is 11.7. The molecule has 1 N–H and O–H groups in total. The average molecular weight is 212 g/mol. The fraction of sp³-hybridized carbons (Fsp3) is 0.833. The van der Waals surface area contributed by atoms with Crippen LogP contribution in [0.15, 0.2) is 11.6 Å². The van der Waals surface area contributed by atoms with Crippen LogP contribution in [0, 0.1) is 0 Å². The van der Waals surface area contributed by atoms with Crippen molar-refractivity contribution in [3.05, 3.63) is 11.6 Å². The third-order valence-corrected chi connectivity index (χ3v) is 3.21. The summed E-state index contributed by atoms with van der Waals surface area (Å²) in [4.78, 5) is 0. The van der Waals surface area contributed by atoms with Crippen LogP contribution in [0.1, 0.15) is 39.0 Å². The highest BCUT2D eigenvalue weighted by molar-refractivity contribution is 5.04. The van der Waals surface area contributed by atoms with Crippen molar-refractivity contribution in [2.24, 2.45) is 0 Å². The van der Waals surface area contributed by atoms with Gasteiger partial charge in [-0.3, -0.25) is 0 Å². The van der Waals surface area contributed by atoms with Crippen molar-refractivity contribution in [2.75, 3.05) is 13.2 Å². The van der Waals surface area contributed by atoms with Gasteiger partial charge in [0.25, 0.3) is 0 Å². The van der Waals surface area contributed by atoms with E-state index in [1.807, 2.05) is 13.0 Å². The summed E-state index contributed by atoms with van der Waals surface area (Å²) in [5.41, 5.74) is 0.955. The van der Waals surface area contributed by atoms with Crippen LogP contribution in [0.25, 0.3) is 0 Å². The molecule has 2 rings (SSSR count). The Morgan fingerprint density at radius 2 is 2.13 bits per heavy atom. The third kappa shape index (κ3) is 2.60. The van der Waals surface area contributed by atoms with Gasteiger partial charge in [-0.1, -0.05) is 12.5 Å². The SMILES string of the molecule is C/C(=C\[C@H]1COC2(CCCCC2)O1)CO. The lowest BCUT2D eigenvalue weighted by Gasteiger charge is -2.31. The van der Waals surface area contributed by atoms with E-state index in [-0.39, 0.29) is 18.5 Å². The van der Waals surface area contributed by atoms with Gasteiger partial charge in [0.1, 0.15) is 6.10 Å². The van der Waals surface area contributed by atoms with Crippen molar-refractivity contribution >= 4 is 0 Å². The first-order chi connectivity index (χ1) is 7.24. The van der Waals surface area contributed by atoms with Crippen molar-refractivity contribution in [3.8, 4) is 0 Å². The third-order valence-electron chi connectivity index (χ3n) is 3.21. The summed E-state index contributed by atoms with van der Waals surface area (Å²) in [6.07, 6.45) is 7.76. The number of ether oxygens (including phenoxy) is 2. The van der Waals surface area contributed by atoms with Gasteiger partial charge in [-0.05, 0) is 25.3 Å². The van der Waals surface area contributed by atoms with E-state index in [0.717, 1.165) is 18.4 Å². The highest BCUT2D eigenvalue weighted by Gasteiger charge is 2.41. The van der Waals surface area contributed by atoms with E-state index in [2.05, 4.69) is 0 Å².